The number of nitrogens with zero attached hydrogens (tertiary/aromatic N) is 3. The second-order valence-electron chi connectivity index (χ2n) is 5.75. The second kappa shape index (κ2) is 4.16. The predicted molar refractivity (Wildman–Crippen MR) is 69.9 cm³/mol. The van der Waals surface area contributed by atoms with Crippen molar-refractivity contribution in [1.29, 1.82) is 0 Å². The van der Waals surface area contributed by atoms with Gasteiger partial charge in [-0.15, -0.1) is 6.42 Å². The number of amides is 1. The first-order valence-corrected chi connectivity index (χ1v) is 6.20. The van der Waals surface area contributed by atoms with E-state index < -0.39 is 0 Å². The molecule has 0 radical (unpaired) electrons. The molecular formula is C14H19N3O. The van der Waals surface area contributed by atoms with E-state index in [9.17, 15) is 4.79 Å². The molecule has 0 saturated heterocycles. The first-order chi connectivity index (χ1) is 8.34. The number of rotatable bonds is 0. The van der Waals surface area contributed by atoms with E-state index >= 15 is 0 Å². The molecule has 0 aromatic carbocycles. The molecule has 0 aliphatic carbocycles. The normalized spacial score (nSPS) is 19.3. The van der Waals surface area contributed by atoms with Crippen LogP contribution in [0.25, 0.3) is 0 Å². The van der Waals surface area contributed by atoms with Crippen LogP contribution in [0.5, 0.6) is 0 Å². The van der Waals surface area contributed by atoms with Crippen LogP contribution >= 0.6 is 0 Å². The molecule has 4 nitrogen and oxygen atoms in total. The summed E-state index contributed by atoms with van der Waals surface area (Å²) in [6.07, 6.45) is 5.20. The Morgan fingerprint density at radius 1 is 1.50 bits per heavy atom. The minimum absolute atomic E-state index is 0.00843. The van der Waals surface area contributed by atoms with Crippen LogP contribution in [0.15, 0.2) is 6.07 Å². The van der Waals surface area contributed by atoms with E-state index in [0.717, 1.165) is 11.4 Å². The van der Waals surface area contributed by atoms with Crippen molar-refractivity contribution >= 4 is 5.91 Å². The topological polar surface area (TPSA) is 38.1 Å². The van der Waals surface area contributed by atoms with Crippen LogP contribution in [0.4, 0.5) is 0 Å². The van der Waals surface area contributed by atoms with Crippen LogP contribution in [-0.2, 0) is 16.8 Å². The zero-order chi connectivity index (χ0) is 13.5. The number of aromatic nitrogens is 2. The lowest BCUT2D eigenvalue weighted by Crippen LogP contribution is -2.40. The highest BCUT2D eigenvalue weighted by atomic mass is 16.2. The molecule has 96 valence electrons. The Bertz CT molecular complexity index is 516. The number of carbonyl (C=O) groups excluding carboxylic acids is 1. The Hall–Kier alpha value is -1.76. The van der Waals surface area contributed by atoms with Crippen molar-refractivity contribution in [3.8, 4) is 12.3 Å². The van der Waals surface area contributed by atoms with Gasteiger partial charge in [-0.2, -0.15) is 5.10 Å². The molecule has 0 saturated carbocycles. The van der Waals surface area contributed by atoms with Gasteiger partial charge in [0.15, 0.2) is 0 Å². The van der Waals surface area contributed by atoms with Gasteiger partial charge in [0.2, 0.25) is 0 Å². The third kappa shape index (κ3) is 2.01. The second-order valence-corrected chi connectivity index (χ2v) is 5.75. The fourth-order valence-corrected chi connectivity index (χ4v) is 2.23. The van der Waals surface area contributed by atoms with Gasteiger partial charge in [0.05, 0.1) is 24.0 Å². The summed E-state index contributed by atoms with van der Waals surface area (Å²) < 4.78 is 1.99. The van der Waals surface area contributed by atoms with Crippen LogP contribution in [0, 0.1) is 12.3 Å². The first kappa shape index (κ1) is 12.7. The maximum atomic E-state index is 11.7. The number of hydrogen-bond acceptors (Lipinski definition) is 2. The van der Waals surface area contributed by atoms with Gasteiger partial charge in [0, 0.05) is 12.0 Å². The lowest BCUT2D eigenvalue weighted by molar-refractivity contribution is -0.128. The molecule has 0 fully saturated rings. The van der Waals surface area contributed by atoms with E-state index in [4.69, 9.17) is 6.42 Å². The monoisotopic (exact) mass is 245 g/mol. The van der Waals surface area contributed by atoms with Crippen LogP contribution < -0.4 is 0 Å². The molecule has 1 unspecified atom stereocenters. The van der Waals surface area contributed by atoms with Crippen molar-refractivity contribution in [3.05, 3.63) is 17.5 Å². The number of carbonyl (C=O) groups is 1. The molecule has 1 aliphatic heterocycles. The van der Waals surface area contributed by atoms with Crippen molar-refractivity contribution < 1.29 is 4.79 Å². The number of terminal acetylenes is 1. The lowest BCUT2D eigenvalue weighted by Gasteiger charge is -2.32. The fourth-order valence-electron chi connectivity index (χ4n) is 2.23. The third-order valence-corrected chi connectivity index (χ3v) is 3.41. The minimum Gasteiger partial charge on any atom is -0.322 e. The highest BCUT2D eigenvalue weighted by molar-refractivity contribution is 5.93. The average Bonchev–Trinajstić information content (AvgIpc) is 2.73. The standard InChI is InChI=1S/C14H19N3O/c1-6-13(18)16-7-8-17-11(10(16)2)9-12(15-17)14(3,4)5/h1,9-10H,7-8H2,2-5H3. The molecule has 0 bridgehead atoms. The Kier molecular flexibility index (Phi) is 2.94. The van der Waals surface area contributed by atoms with Crippen LogP contribution in [0.2, 0.25) is 0 Å². The summed E-state index contributed by atoms with van der Waals surface area (Å²) in [5, 5.41) is 4.62. The van der Waals surface area contributed by atoms with Gasteiger partial charge in [0.1, 0.15) is 0 Å². The molecule has 1 atom stereocenters. The third-order valence-electron chi connectivity index (χ3n) is 3.41. The van der Waals surface area contributed by atoms with Crippen LogP contribution in [0.1, 0.15) is 45.1 Å². The highest BCUT2D eigenvalue weighted by Gasteiger charge is 2.30. The maximum absolute atomic E-state index is 11.7. The van der Waals surface area contributed by atoms with E-state index in [-0.39, 0.29) is 17.4 Å². The summed E-state index contributed by atoms with van der Waals surface area (Å²) in [7, 11) is 0. The summed E-state index contributed by atoms with van der Waals surface area (Å²) in [6, 6.07) is 2.08. The van der Waals surface area contributed by atoms with Crippen molar-refractivity contribution in [3.63, 3.8) is 0 Å². The maximum Gasteiger partial charge on any atom is 0.298 e. The summed E-state index contributed by atoms with van der Waals surface area (Å²) in [6.45, 7) is 9.74. The van der Waals surface area contributed by atoms with Crippen LogP contribution in [-0.4, -0.2) is 27.1 Å². The highest BCUT2D eigenvalue weighted by Crippen LogP contribution is 2.29. The molecule has 0 N–H and O–H groups in total. The number of fused-ring (bicyclic) bond motifs is 1. The molecule has 2 rings (SSSR count). The quantitative estimate of drug-likeness (QED) is 0.653. The SMILES string of the molecule is C#CC(=O)N1CCn2nc(C(C)(C)C)cc2C1C. The van der Waals surface area contributed by atoms with Gasteiger partial charge >= 0.3 is 0 Å². The van der Waals surface area contributed by atoms with Crippen molar-refractivity contribution in [2.75, 3.05) is 6.54 Å². The zero-order valence-corrected chi connectivity index (χ0v) is 11.4. The molecule has 0 spiro atoms. The molecule has 1 aromatic rings. The molecule has 1 aliphatic rings. The van der Waals surface area contributed by atoms with E-state index in [2.05, 4.69) is 37.9 Å². The van der Waals surface area contributed by atoms with Gasteiger partial charge in [-0.05, 0) is 18.9 Å². The van der Waals surface area contributed by atoms with E-state index in [1.54, 1.807) is 4.90 Å². The predicted octanol–water partition coefficient (Wildman–Crippen LogP) is 1.72. The summed E-state index contributed by atoms with van der Waals surface area (Å²) in [5.74, 6) is 1.95. The van der Waals surface area contributed by atoms with Crippen molar-refractivity contribution in [2.45, 2.75) is 45.7 Å². The molecule has 1 amide bonds. The Morgan fingerprint density at radius 2 is 2.17 bits per heavy atom. The molecule has 18 heavy (non-hydrogen) atoms. The van der Waals surface area contributed by atoms with Gasteiger partial charge in [-0.1, -0.05) is 20.8 Å². The zero-order valence-electron chi connectivity index (χ0n) is 11.4. The molecular weight excluding hydrogens is 226 g/mol. The summed E-state index contributed by atoms with van der Waals surface area (Å²) in [5.41, 5.74) is 2.14. The number of hydrogen-bond donors (Lipinski definition) is 0. The largest absolute Gasteiger partial charge is 0.322 e. The van der Waals surface area contributed by atoms with Crippen molar-refractivity contribution in [2.24, 2.45) is 0 Å². The van der Waals surface area contributed by atoms with Crippen molar-refractivity contribution in [1.82, 2.24) is 14.7 Å². The van der Waals surface area contributed by atoms with E-state index in [0.29, 0.717) is 13.1 Å². The fraction of sp³-hybridized carbons (Fsp3) is 0.571. The Balaban J connectivity index is 2.36. The summed E-state index contributed by atoms with van der Waals surface area (Å²) in [4.78, 5) is 13.4. The van der Waals surface area contributed by atoms with E-state index in [1.165, 1.54) is 0 Å². The van der Waals surface area contributed by atoms with E-state index in [1.807, 2.05) is 11.6 Å². The van der Waals surface area contributed by atoms with Crippen LogP contribution in [0.3, 0.4) is 0 Å². The molecule has 2 heterocycles. The summed E-state index contributed by atoms with van der Waals surface area (Å²) >= 11 is 0. The minimum atomic E-state index is -0.243. The van der Waals surface area contributed by atoms with Gasteiger partial charge in [-0.25, -0.2) is 0 Å². The molecule has 4 heteroatoms. The van der Waals surface area contributed by atoms with Gasteiger partial charge in [0.25, 0.3) is 5.91 Å². The average molecular weight is 245 g/mol. The molecule has 1 aromatic heterocycles. The van der Waals surface area contributed by atoms with Gasteiger partial charge in [-0.3, -0.25) is 9.48 Å². The lowest BCUT2D eigenvalue weighted by atomic mass is 9.92. The Labute approximate surface area is 108 Å². The Morgan fingerprint density at radius 3 is 2.72 bits per heavy atom. The smallest absolute Gasteiger partial charge is 0.298 e. The first-order valence-electron chi connectivity index (χ1n) is 6.20. The van der Waals surface area contributed by atoms with Gasteiger partial charge < -0.3 is 4.90 Å².